The predicted octanol–water partition coefficient (Wildman–Crippen LogP) is 4.47. The van der Waals surface area contributed by atoms with Crippen LogP contribution in [0, 0.1) is 0 Å². The number of benzene rings is 1. The van der Waals surface area contributed by atoms with Crippen molar-refractivity contribution in [2.75, 3.05) is 39.3 Å². The average Bonchev–Trinajstić information content (AvgIpc) is 2.98. The molecule has 1 fully saturated rings. The van der Waals surface area contributed by atoms with Gasteiger partial charge in [0, 0.05) is 50.4 Å². The van der Waals surface area contributed by atoms with E-state index >= 15 is 0 Å². The molecular formula is C30H40Cl2N4O6. The second kappa shape index (κ2) is 16.6. The lowest BCUT2D eigenvalue weighted by molar-refractivity contribution is -0.149. The Labute approximate surface area is 256 Å². The Balaban J connectivity index is 1.47. The molecule has 1 aromatic carbocycles. The number of nitrogens with zero attached hydrogens (tertiary/aromatic N) is 3. The number of carboxylic acids is 1. The predicted molar refractivity (Wildman–Crippen MR) is 165 cm³/mol. The number of hydrogen-bond donors (Lipinski definition) is 2. The first-order chi connectivity index (χ1) is 20.1. The molecule has 0 bridgehead atoms. The third-order valence-corrected chi connectivity index (χ3v) is 8.08. The minimum Gasteiger partial charge on any atom is -0.494 e. The fourth-order valence-corrected chi connectivity index (χ4v) is 5.13. The van der Waals surface area contributed by atoms with Crippen molar-refractivity contribution in [2.45, 2.75) is 58.7 Å². The molecule has 2 aromatic rings. The number of esters is 1. The molecule has 1 atom stereocenters. The van der Waals surface area contributed by atoms with Gasteiger partial charge < -0.3 is 25.2 Å². The molecule has 42 heavy (non-hydrogen) atoms. The molecule has 2 heterocycles. The number of ether oxygens (including phenoxy) is 2. The summed E-state index contributed by atoms with van der Waals surface area (Å²) >= 11 is 12.7. The van der Waals surface area contributed by atoms with Crippen LogP contribution < -0.4 is 16.0 Å². The van der Waals surface area contributed by atoms with E-state index in [4.69, 9.17) is 43.5 Å². The first kappa shape index (κ1) is 33.5. The Bertz CT molecular complexity index is 1350. The third kappa shape index (κ3) is 9.76. The Morgan fingerprint density at radius 3 is 2.52 bits per heavy atom. The van der Waals surface area contributed by atoms with Crippen molar-refractivity contribution in [1.82, 2.24) is 14.4 Å². The SMILES string of the molecule is CC/C=C(Cl)\C(Cl)=C(/C)N1CCN(CCCCOc2ccc3ccc(=O)n(COC(=O)C(N)CCC(=O)O)c3c2)CC1. The Kier molecular flexibility index (Phi) is 13.2. The number of aromatic nitrogens is 1. The lowest BCUT2D eigenvalue weighted by atomic mass is 10.2. The summed E-state index contributed by atoms with van der Waals surface area (Å²) < 4.78 is 12.5. The standard InChI is InChI=1S/C30H40Cl2N4O6/c1-3-6-24(31)29(32)21(2)35-16-14-34(15-17-35)13-4-5-18-41-23-9-7-22-8-11-27(37)36(26(22)19-23)20-42-30(40)25(33)10-12-28(38)39/h6-9,11,19,25H,3-5,10,12-18,20,33H2,1-2H3,(H,38,39)/b24-6+,29-21-. The summed E-state index contributed by atoms with van der Waals surface area (Å²) in [6.07, 6.45) is 4.31. The maximum atomic E-state index is 12.5. The minimum absolute atomic E-state index is 0.0506. The summed E-state index contributed by atoms with van der Waals surface area (Å²) in [7, 11) is 0. The van der Waals surface area contributed by atoms with E-state index in [1.54, 1.807) is 12.1 Å². The van der Waals surface area contributed by atoms with Gasteiger partial charge in [-0.25, -0.2) is 0 Å². The quantitative estimate of drug-likeness (QED) is 0.168. The largest absolute Gasteiger partial charge is 0.494 e. The van der Waals surface area contributed by atoms with Crippen molar-refractivity contribution in [3.63, 3.8) is 0 Å². The van der Waals surface area contributed by atoms with Crippen LogP contribution in [0.1, 0.15) is 46.0 Å². The van der Waals surface area contributed by atoms with Gasteiger partial charge in [0.1, 0.15) is 11.8 Å². The number of carboxylic acid groups (broad SMARTS) is 1. The smallest absolute Gasteiger partial charge is 0.324 e. The van der Waals surface area contributed by atoms with E-state index in [0.717, 1.165) is 63.1 Å². The van der Waals surface area contributed by atoms with E-state index < -0.39 is 18.0 Å². The number of piperazine rings is 1. The Morgan fingerprint density at radius 2 is 1.83 bits per heavy atom. The van der Waals surface area contributed by atoms with Gasteiger partial charge in [-0.15, -0.1) is 0 Å². The molecule has 1 aliphatic heterocycles. The number of nitrogens with two attached hydrogens (primary N) is 1. The minimum atomic E-state index is -1.08. The van der Waals surface area contributed by atoms with Crippen molar-refractivity contribution in [3.05, 3.63) is 62.5 Å². The van der Waals surface area contributed by atoms with Crippen LogP contribution in [0.3, 0.4) is 0 Å². The molecule has 1 unspecified atom stereocenters. The van der Waals surface area contributed by atoms with Gasteiger partial charge in [-0.05, 0) is 62.7 Å². The molecule has 3 rings (SSSR count). The van der Waals surface area contributed by atoms with Gasteiger partial charge in [0.05, 0.1) is 22.2 Å². The number of carbonyl (C=O) groups is 2. The zero-order valence-corrected chi connectivity index (χ0v) is 25.7. The summed E-state index contributed by atoms with van der Waals surface area (Å²) in [5.41, 5.74) is 6.94. The van der Waals surface area contributed by atoms with E-state index in [1.807, 2.05) is 32.1 Å². The zero-order valence-electron chi connectivity index (χ0n) is 24.2. The molecule has 1 aliphatic rings. The number of aliphatic carboxylic acids is 1. The summed E-state index contributed by atoms with van der Waals surface area (Å²) in [5.74, 6) is -1.21. The van der Waals surface area contributed by atoms with Crippen molar-refractivity contribution in [2.24, 2.45) is 5.73 Å². The second-order valence-corrected chi connectivity index (χ2v) is 11.0. The lowest BCUT2D eigenvalue weighted by Crippen LogP contribution is -2.45. The van der Waals surface area contributed by atoms with E-state index in [-0.39, 0.29) is 25.1 Å². The highest BCUT2D eigenvalue weighted by molar-refractivity contribution is 6.44. The number of unbranched alkanes of at least 4 members (excludes halogenated alkanes) is 1. The highest BCUT2D eigenvalue weighted by Crippen LogP contribution is 2.26. The van der Waals surface area contributed by atoms with Crippen molar-refractivity contribution < 1.29 is 24.2 Å². The van der Waals surface area contributed by atoms with Gasteiger partial charge >= 0.3 is 11.9 Å². The van der Waals surface area contributed by atoms with Crippen molar-refractivity contribution in [3.8, 4) is 5.75 Å². The Hall–Kier alpha value is -3.05. The van der Waals surface area contributed by atoms with E-state index in [9.17, 15) is 14.4 Å². The summed E-state index contributed by atoms with van der Waals surface area (Å²) in [4.78, 5) is 40.1. The lowest BCUT2D eigenvalue weighted by Gasteiger charge is -2.37. The van der Waals surface area contributed by atoms with E-state index in [2.05, 4.69) is 9.80 Å². The van der Waals surface area contributed by atoms with Gasteiger partial charge in [-0.2, -0.15) is 0 Å². The summed E-state index contributed by atoms with van der Waals surface area (Å²) in [6.45, 7) is 8.91. The second-order valence-electron chi connectivity index (χ2n) is 10.2. The molecule has 10 nitrogen and oxygen atoms in total. The molecule has 0 amide bonds. The number of halogens is 2. The monoisotopic (exact) mass is 622 g/mol. The first-order valence-corrected chi connectivity index (χ1v) is 15.0. The van der Waals surface area contributed by atoms with Crippen molar-refractivity contribution >= 4 is 46.0 Å². The number of hydrogen-bond acceptors (Lipinski definition) is 8. The molecule has 12 heteroatoms. The van der Waals surface area contributed by atoms with Gasteiger partial charge in [0.2, 0.25) is 0 Å². The van der Waals surface area contributed by atoms with Gasteiger partial charge in [0.15, 0.2) is 6.73 Å². The molecule has 0 saturated carbocycles. The van der Waals surface area contributed by atoms with Crippen LogP contribution in [0.5, 0.6) is 5.75 Å². The normalized spacial score (nSPS) is 15.8. The zero-order chi connectivity index (χ0) is 30.6. The van der Waals surface area contributed by atoms with Gasteiger partial charge in [-0.1, -0.05) is 36.2 Å². The molecule has 3 N–H and O–H groups in total. The van der Waals surface area contributed by atoms with Crippen LogP contribution in [0.4, 0.5) is 0 Å². The Morgan fingerprint density at radius 1 is 1.12 bits per heavy atom. The van der Waals surface area contributed by atoms with Crippen LogP contribution in [0.25, 0.3) is 10.9 Å². The maximum absolute atomic E-state index is 12.5. The third-order valence-electron chi connectivity index (χ3n) is 7.17. The maximum Gasteiger partial charge on any atom is 0.324 e. The summed E-state index contributed by atoms with van der Waals surface area (Å²) in [5, 5.41) is 10.8. The first-order valence-electron chi connectivity index (χ1n) is 14.2. The topological polar surface area (TPSA) is 127 Å². The molecule has 230 valence electrons. The summed E-state index contributed by atoms with van der Waals surface area (Å²) in [6, 6.07) is 7.44. The van der Waals surface area contributed by atoms with E-state index in [1.165, 1.54) is 10.6 Å². The van der Waals surface area contributed by atoms with Crippen LogP contribution >= 0.6 is 23.2 Å². The number of carbonyl (C=O) groups excluding carboxylic acids is 1. The molecule has 0 spiro atoms. The van der Waals surface area contributed by atoms with Gasteiger partial charge in [-0.3, -0.25) is 23.9 Å². The number of rotatable bonds is 15. The molecule has 1 saturated heterocycles. The van der Waals surface area contributed by atoms with Crippen LogP contribution in [0.15, 0.2) is 57.0 Å². The highest BCUT2D eigenvalue weighted by Gasteiger charge is 2.19. The van der Waals surface area contributed by atoms with E-state index in [0.29, 0.717) is 27.9 Å². The van der Waals surface area contributed by atoms with Crippen molar-refractivity contribution in [1.29, 1.82) is 0 Å². The fraction of sp³-hybridized carbons (Fsp3) is 0.500. The number of pyridine rings is 1. The molecular weight excluding hydrogens is 583 g/mol. The molecule has 1 aromatic heterocycles. The highest BCUT2D eigenvalue weighted by atomic mass is 35.5. The average molecular weight is 624 g/mol. The number of allylic oxidation sites excluding steroid dienone is 4. The molecule has 0 aliphatic carbocycles. The van der Waals surface area contributed by atoms with Gasteiger partial charge in [0.25, 0.3) is 5.56 Å². The van der Waals surface area contributed by atoms with Crippen LogP contribution in [0.2, 0.25) is 0 Å². The number of fused-ring (bicyclic) bond motifs is 1. The fourth-order valence-electron chi connectivity index (χ4n) is 4.64. The van der Waals surface area contributed by atoms with Crippen LogP contribution in [-0.2, 0) is 21.1 Å². The molecule has 0 radical (unpaired) electrons. The van der Waals surface area contributed by atoms with Crippen LogP contribution in [-0.4, -0.2) is 76.8 Å².